The largest absolute Gasteiger partial charge is 0.360 e. The van der Waals surface area contributed by atoms with E-state index in [2.05, 4.69) is 28.5 Å². The average molecular weight is 232 g/mol. The highest BCUT2D eigenvalue weighted by Crippen LogP contribution is 2.41. The third-order valence-electron chi connectivity index (χ3n) is 2.11. The molecule has 1 aliphatic heterocycles. The second-order valence-corrected chi connectivity index (χ2v) is 5.07. The number of para-hydroxylation sites is 1. The van der Waals surface area contributed by atoms with Crippen LogP contribution < -0.4 is 5.32 Å². The van der Waals surface area contributed by atoms with Gasteiger partial charge in [-0.3, -0.25) is 0 Å². The van der Waals surface area contributed by atoms with Gasteiger partial charge in [0.1, 0.15) is 5.01 Å². The topological polar surface area (TPSA) is 24.9 Å². The van der Waals surface area contributed by atoms with E-state index in [-0.39, 0.29) is 0 Å². The van der Waals surface area contributed by atoms with Crippen molar-refractivity contribution in [2.45, 2.75) is 4.90 Å². The van der Waals surface area contributed by atoms with Crippen molar-refractivity contribution in [2.24, 2.45) is 0 Å². The first-order valence-corrected chi connectivity index (χ1v) is 6.26. The van der Waals surface area contributed by atoms with Crippen LogP contribution in [0.5, 0.6) is 0 Å². The molecular weight excluding hydrogens is 224 g/mol. The number of rotatable bonds is 1. The monoisotopic (exact) mass is 232 g/mol. The lowest BCUT2D eigenvalue weighted by Gasteiger charge is -2.15. The Morgan fingerprint density at radius 3 is 3.00 bits per heavy atom. The maximum absolute atomic E-state index is 4.30. The molecule has 0 unspecified atom stereocenters. The molecule has 0 atom stereocenters. The van der Waals surface area contributed by atoms with Gasteiger partial charge in [0.2, 0.25) is 0 Å². The molecule has 1 aromatic heterocycles. The Morgan fingerprint density at radius 2 is 2.13 bits per heavy atom. The van der Waals surface area contributed by atoms with Crippen LogP contribution in [0.3, 0.4) is 0 Å². The van der Waals surface area contributed by atoms with Gasteiger partial charge in [-0.05, 0) is 12.1 Å². The van der Waals surface area contributed by atoms with Gasteiger partial charge in [-0.2, -0.15) is 0 Å². The number of benzene rings is 1. The second kappa shape index (κ2) is 3.72. The van der Waals surface area contributed by atoms with Crippen LogP contribution in [-0.4, -0.2) is 4.98 Å². The zero-order chi connectivity index (χ0) is 10.1. The zero-order valence-electron chi connectivity index (χ0n) is 7.81. The smallest absolute Gasteiger partial charge is 0.131 e. The number of aromatic nitrogens is 1. The molecule has 0 saturated carbocycles. The number of anilines is 1. The van der Waals surface area contributed by atoms with Gasteiger partial charge in [0, 0.05) is 22.7 Å². The summed E-state index contributed by atoms with van der Waals surface area (Å²) in [7, 11) is 0. The lowest BCUT2D eigenvalue weighted by molar-refractivity contribution is 1.37. The molecule has 2 aromatic rings. The Balaban J connectivity index is 1.96. The molecule has 0 fully saturated rings. The summed E-state index contributed by atoms with van der Waals surface area (Å²) in [5, 5.41) is 6.35. The molecule has 0 amide bonds. The van der Waals surface area contributed by atoms with Crippen molar-refractivity contribution >= 4 is 33.7 Å². The number of fused-ring (bicyclic) bond motifs is 1. The summed E-state index contributed by atoms with van der Waals surface area (Å²) in [4.78, 5) is 6.74. The molecule has 1 aliphatic rings. The third kappa shape index (κ3) is 1.66. The Bertz CT molecular complexity index is 503. The van der Waals surface area contributed by atoms with E-state index in [1.165, 1.54) is 15.5 Å². The van der Waals surface area contributed by atoms with Gasteiger partial charge in [-0.1, -0.05) is 23.9 Å². The van der Waals surface area contributed by atoms with Crippen LogP contribution >= 0.6 is 23.1 Å². The van der Waals surface area contributed by atoms with Crippen LogP contribution in [0.4, 0.5) is 5.69 Å². The number of hydrogen-bond acceptors (Lipinski definition) is 4. The number of thioether (sulfide) groups is 1. The Labute approximate surface area is 96.1 Å². The Hall–Kier alpha value is -1.26. The molecule has 2 heterocycles. The van der Waals surface area contributed by atoms with Gasteiger partial charge in [0.15, 0.2) is 0 Å². The van der Waals surface area contributed by atoms with E-state index in [4.69, 9.17) is 0 Å². The van der Waals surface area contributed by atoms with Crippen LogP contribution in [0.2, 0.25) is 0 Å². The normalized spacial score (nSPS) is 14.0. The molecule has 0 radical (unpaired) electrons. The fourth-order valence-electron chi connectivity index (χ4n) is 1.42. The average Bonchev–Trinajstić information content (AvgIpc) is 2.82. The molecule has 0 aliphatic carbocycles. The first-order valence-electron chi connectivity index (χ1n) is 4.57. The molecule has 3 rings (SSSR count). The number of hydrogen-bond donors (Lipinski definition) is 1. The summed E-state index contributed by atoms with van der Waals surface area (Å²) >= 11 is 3.43. The van der Waals surface area contributed by atoms with E-state index >= 15 is 0 Å². The minimum absolute atomic E-state index is 1.07. The van der Waals surface area contributed by atoms with Crippen molar-refractivity contribution in [1.29, 1.82) is 0 Å². The van der Waals surface area contributed by atoms with Crippen LogP contribution in [0.15, 0.2) is 46.9 Å². The van der Waals surface area contributed by atoms with Crippen molar-refractivity contribution in [2.75, 3.05) is 5.32 Å². The highest BCUT2D eigenvalue weighted by Gasteiger charge is 2.13. The highest BCUT2D eigenvalue weighted by molar-refractivity contribution is 8.08. The molecule has 4 heteroatoms. The maximum Gasteiger partial charge on any atom is 0.131 e. The van der Waals surface area contributed by atoms with Crippen LogP contribution in [0.25, 0.3) is 4.91 Å². The summed E-state index contributed by atoms with van der Waals surface area (Å²) < 4.78 is 0. The highest BCUT2D eigenvalue weighted by atomic mass is 32.2. The maximum atomic E-state index is 4.30. The van der Waals surface area contributed by atoms with Gasteiger partial charge < -0.3 is 5.32 Å². The van der Waals surface area contributed by atoms with Gasteiger partial charge in [0.05, 0.1) is 10.6 Å². The van der Waals surface area contributed by atoms with Crippen LogP contribution in [0, 0.1) is 0 Å². The summed E-state index contributed by atoms with van der Waals surface area (Å²) in [6.07, 6.45) is 3.85. The van der Waals surface area contributed by atoms with Crippen molar-refractivity contribution in [3.8, 4) is 0 Å². The van der Waals surface area contributed by atoms with Crippen molar-refractivity contribution in [3.63, 3.8) is 0 Å². The zero-order valence-corrected chi connectivity index (χ0v) is 9.44. The molecule has 0 bridgehead atoms. The predicted molar refractivity (Wildman–Crippen MR) is 66.0 cm³/mol. The lowest BCUT2D eigenvalue weighted by atomic mass is 10.3. The van der Waals surface area contributed by atoms with Gasteiger partial charge >= 0.3 is 0 Å². The SMILES string of the molecule is C1=C(c2nccs2)Sc2ccccc2N1. The summed E-state index contributed by atoms with van der Waals surface area (Å²) in [6, 6.07) is 8.29. The van der Waals surface area contributed by atoms with E-state index < -0.39 is 0 Å². The molecule has 0 spiro atoms. The molecule has 0 saturated heterocycles. The van der Waals surface area contributed by atoms with E-state index in [1.54, 1.807) is 23.1 Å². The van der Waals surface area contributed by atoms with Gasteiger partial charge in [0.25, 0.3) is 0 Å². The van der Waals surface area contributed by atoms with E-state index in [9.17, 15) is 0 Å². The first-order chi connectivity index (χ1) is 7.43. The minimum atomic E-state index is 1.07. The van der Waals surface area contributed by atoms with Crippen LogP contribution in [-0.2, 0) is 0 Å². The van der Waals surface area contributed by atoms with E-state index in [0.717, 1.165) is 5.01 Å². The Kier molecular flexibility index (Phi) is 2.23. The summed E-state index contributed by atoms with van der Waals surface area (Å²) in [6.45, 7) is 0. The molecular formula is C11H8N2S2. The fraction of sp³-hybridized carbons (Fsp3) is 0. The third-order valence-corrected chi connectivity index (χ3v) is 4.15. The molecule has 1 N–H and O–H groups in total. The van der Waals surface area contributed by atoms with Crippen molar-refractivity contribution in [3.05, 3.63) is 47.0 Å². The molecule has 1 aromatic carbocycles. The van der Waals surface area contributed by atoms with Crippen LogP contribution in [0.1, 0.15) is 5.01 Å². The van der Waals surface area contributed by atoms with E-state index in [1.807, 2.05) is 23.8 Å². The van der Waals surface area contributed by atoms with Crippen molar-refractivity contribution in [1.82, 2.24) is 4.98 Å². The van der Waals surface area contributed by atoms with Gasteiger partial charge in [-0.25, -0.2) is 4.98 Å². The molecule has 2 nitrogen and oxygen atoms in total. The number of nitrogens with one attached hydrogen (secondary N) is 1. The van der Waals surface area contributed by atoms with E-state index in [0.29, 0.717) is 0 Å². The number of nitrogens with zero attached hydrogens (tertiary/aromatic N) is 1. The summed E-state index contributed by atoms with van der Waals surface area (Å²) in [5.74, 6) is 0. The quantitative estimate of drug-likeness (QED) is 0.812. The minimum Gasteiger partial charge on any atom is -0.360 e. The second-order valence-electron chi connectivity index (χ2n) is 3.09. The molecule has 74 valence electrons. The molecule has 15 heavy (non-hydrogen) atoms. The Morgan fingerprint density at radius 1 is 1.20 bits per heavy atom. The van der Waals surface area contributed by atoms with Crippen molar-refractivity contribution < 1.29 is 0 Å². The fourth-order valence-corrected chi connectivity index (χ4v) is 3.11. The lowest BCUT2D eigenvalue weighted by Crippen LogP contribution is -1.97. The standard InChI is InChI=1S/C11H8N2S2/c1-2-4-9-8(3-1)13-7-10(15-9)11-12-5-6-14-11/h1-7,13H. The first kappa shape index (κ1) is 9.00. The summed E-state index contributed by atoms with van der Waals surface area (Å²) in [5.41, 5.74) is 1.17. The number of thiazole rings is 1. The van der Waals surface area contributed by atoms with Gasteiger partial charge in [-0.15, -0.1) is 11.3 Å². The predicted octanol–water partition coefficient (Wildman–Crippen LogP) is 3.66.